The maximum atomic E-state index is 12.0. The summed E-state index contributed by atoms with van der Waals surface area (Å²) in [6.07, 6.45) is 5.44. The van der Waals surface area contributed by atoms with E-state index < -0.39 is 0 Å². The van der Waals surface area contributed by atoms with E-state index in [1.165, 1.54) is 0 Å². The molecule has 23 heavy (non-hydrogen) atoms. The third-order valence-corrected chi connectivity index (χ3v) is 4.39. The van der Waals surface area contributed by atoms with E-state index in [4.69, 9.17) is 0 Å². The fourth-order valence-corrected chi connectivity index (χ4v) is 3.07. The summed E-state index contributed by atoms with van der Waals surface area (Å²) >= 11 is 0. The number of amides is 2. The van der Waals surface area contributed by atoms with Gasteiger partial charge in [-0.15, -0.1) is 0 Å². The van der Waals surface area contributed by atoms with Gasteiger partial charge in [0.25, 0.3) is 0 Å². The Labute approximate surface area is 137 Å². The van der Waals surface area contributed by atoms with Crippen molar-refractivity contribution in [2.75, 3.05) is 13.2 Å². The molecule has 3 N–H and O–H groups in total. The first kappa shape index (κ1) is 17.5. The van der Waals surface area contributed by atoms with E-state index in [9.17, 15) is 14.7 Å². The molecule has 0 aromatic heterocycles. The molecular weight excluding hydrogens is 292 g/mol. The molecule has 1 saturated carbocycles. The van der Waals surface area contributed by atoms with Crippen LogP contribution in [0.3, 0.4) is 0 Å². The number of carbonyl (C=O) groups excluding carboxylic acids is 2. The molecule has 0 aliphatic heterocycles. The molecule has 1 aliphatic rings. The first-order valence-corrected chi connectivity index (χ1v) is 8.40. The van der Waals surface area contributed by atoms with E-state index in [0.29, 0.717) is 0 Å². The molecule has 0 heterocycles. The minimum atomic E-state index is -0.184. The molecule has 1 aliphatic carbocycles. The molecule has 2 atom stereocenters. The Bertz CT molecular complexity index is 504. The Morgan fingerprint density at radius 2 is 1.78 bits per heavy atom. The summed E-state index contributed by atoms with van der Waals surface area (Å²) in [5.74, 6) is -0.218. The number of aliphatic hydroxyl groups excluding tert-OH is 1. The highest BCUT2D eigenvalue weighted by atomic mass is 16.3. The van der Waals surface area contributed by atoms with Crippen molar-refractivity contribution in [2.24, 2.45) is 5.92 Å². The molecule has 0 spiro atoms. The summed E-state index contributed by atoms with van der Waals surface area (Å²) in [4.78, 5) is 23.9. The van der Waals surface area contributed by atoms with Crippen LogP contribution in [0.1, 0.15) is 37.7 Å². The first-order chi connectivity index (χ1) is 11.2. The van der Waals surface area contributed by atoms with Gasteiger partial charge in [-0.1, -0.05) is 49.6 Å². The molecule has 5 heteroatoms. The number of hydrogen-bond donors (Lipinski definition) is 3. The van der Waals surface area contributed by atoms with Crippen LogP contribution in [0, 0.1) is 5.92 Å². The van der Waals surface area contributed by atoms with Crippen LogP contribution in [-0.4, -0.2) is 36.1 Å². The molecule has 0 bridgehead atoms. The topological polar surface area (TPSA) is 78.4 Å². The van der Waals surface area contributed by atoms with E-state index >= 15 is 0 Å². The van der Waals surface area contributed by atoms with Gasteiger partial charge in [0.1, 0.15) is 0 Å². The molecule has 0 saturated heterocycles. The zero-order chi connectivity index (χ0) is 16.5. The van der Waals surface area contributed by atoms with E-state index in [2.05, 4.69) is 10.6 Å². The van der Waals surface area contributed by atoms with Crippen molar-refractivity contribution in [3.8, 4) is 0 Å². The predicted octanol–water partition coefficient (Wildman–Crippen LogP) is 1.40. The molecule has 1 aromatic carbocycles. The monoisotopic (exact) mass is 318 g/mol. The maximum absolute atomic E-state index is 12.0. The van der Waals surface area contributed by atoms with Crippen LogP contribution >= 0.6 is 0 Å². The predicted molar refractivity (Wildman–Crippen MR) is 88.7 cm³/mol. The van der Waals surface area contributed by atoms with Crippen molar-refractivity contribution in [1.29, 1.82) is 0 Å². The summed E-state index contributed by atoms with van der Waals surface area (Å²) < 4.78 is 0. The third-order valence-electron chi connectivity index (χ3n) is 4.39. The van der Waals surface area contributed by atoms with E-state index in [1.54, 1.807) is 0 Å². The summed E-state index contributed by atoms with van der Waals surface area (Å²) in [7, 11) is 0. The number of hydrogen-bond acceptors (Lipinski definition) is 3. The van der Waals surface area contributed by atoms with Crippen molar-refractivity contribution < 1.29 is 14.7 Å². The van der Waals surface area contributed by atoms with Gasteiger partial charge in [-0.25, -0.2) is 0 Å². The Hall–Kier alpha value is -1.88. The van der Waals surface area contributed by atoms with Crippen molar-refractivity contribution in [1.82, 2.24) is 10.6 Å². The molecule has 1 fully saturated rings. The standard InChI is InChI=1S/C18H26N2O3/c21-13-15-9-5-2-6-10-16(15)20-18(23)12-19-17(22)11-14-7-3-1-4-8-14/h1,3-4,7-8,15-16,21H,2,5-6,9-13H2,(H,19,22)(H,20,23). The van der Waals surface area contributed by atoms with Crippen molar-refractivity contribution in [3.63, 3.8) is 0 Å². The van der Waals surface area contributed by atoms with E-state index in [1.807, 2.05) is 30.3 Å². The zero-order valence-electron chi connectivity index (χ0n) is 13.5. The minimum absolute atomic E-state index is 0.0136. The van der Waals surface area contributed by atoms with Crippen LogP contribution in [0.2, 0.25) is 0 Å². The Morgan fingerprint density at radius 3 is 2.52 bits per heavy atom. The van der Waals surface area contributed by atoms with Crippen molar-refractivity contribution in [2.45, 2.75) is 44.6 Å². The molecule has 5 nitrogen and oxygen atoms in total. The minimum Gasteiger partial charge on any atom is -0.396 e. The van der Waals surface area contributed by atoms with E-state index in [0.717, 1.165) is 37.7 Å². The number of carbonyl (C=O) groups is 2. The Morgan fingerprint density at radius 1 is 1.04 bits per heavy atom. The van der Waals surface area contributed by atoms with Gasteiger partial charge in [-0.2, -0.15) is 0 Å². The summed E-state index contributed by atoms with van der Waals surface area (Å²) in [5, 5.41) is 15.1. The van der Waals surface area contributed by atoms with Crippen molar-refractivity contribution in [3.05, 3.63) is 35.9 Å². The lowest BCUT2D eigenvalue weighted by Crippen LogP contribution is -2.45. The second-order valence-electron chi connectivity index (χ2n) is 6.19. The van der Waals surface area contributed by atoms with Gasteiger partial charge in [-0.05, 0) is 18.4 Å². The van der Waals surface area contributed by atoms with Crippen molar-refractivity contribution >= 4 is 11.8 Å². The molecule has 0 radical (unpaired) electrons. The van der Waals surface area contributed by atoms with Gasteiger partial charge in [0, 0.05) is 18.6 Å². The Balaban J connectivity index is 1.74. The second-order valence-corrected chi connectivity index (χ2v) is 6.19. The highest BCUT2D eigenvalue weighted by Crippen LogP contribution is 2.23. The number of nitrogens with one attached hydrogen (secondary N) is 2. The normalized spacial score (nSPS) is 21.3. The van der Waals surface area contributed by atoms with E-state index in [-0.39, 0.29) is 43.3 Å². The van der Waals surface area contributed by atoms with Crippen LogP contribution in [0.15, 0.2) is 30.3 Å². The Kier molecular flexibility index (Phi) is 7.07. The molecular formula is C18H26N2O3. The van der Waals surface area contributed by atoms with Gasteiger partial charge >= 0.3 is 0 Å². The quantitative estimate of drug-likeness (QED) is 0.694. The van der Waals surface area contributed by atoms with Crippen LogP contribution in [0.4, 0.5) is 0 Å². The smallest absolute Gasteiger partial charge is 0.239 e. The van der Waals surface area contributed by atoms with Gasteiger partial charge < -0.3 is 15.7 Å². The average Bonchev–Trinajstić information content (AvgIpc) is 2.79. The zero-order valence-corrected chi connectivity index (χ0v) is 13.5. The molecule has 2 rings (SSSR count). The first-order valence-electron chi connectivity index (χ1n) is 8.40. The fraction of sp³-hybridized carbons (Fsp3) is 0.556. The number of benzene rings is 1. The van der Waals surface area contributed by atoms with Gasteiger partial charge in [0.15, 0.2) is 0 Å². The SMILES string of the molecule is O=C(Cc1ccccc1)NCC(=O)NC1CCCCCC1CO. The third kappa shape index (κ3) is 6.02. The van der Waals surface area contributed by atoms with Gasteiger partial charge in [0.2, 0.25) is 11.8 Å². The lowest BCUT2D eigenvalue weighted by Gasteiger charge is -2.24. The molecule has 2 amide bonds. The number of aliphatic hydroxyl groups is 1. The highest BCUT2D eigenvalue weighted by molar-refractivity contribution is 5.85. The van der Waals surface area contributed by atoms with Crippen LogP contribution in [-0.2, 0) is 16.0 Å². The summed E-state index contributed by atoms with van der Waals surface area (Å²) in [6, 6.07) is 9.46. The summed E-state index contributed by atoms with van der Waals surface area (Å²) in [5.41, 5.74) is 0.925. The highest BCUT2D eigenvalue weighted by Gasteiger charge is 2.24. The second kappa shape index (κ2) is 9.30. The molecule has 1 aromatic rings. The van der Waals surface area contributed by atoms with Gasteiger partial charge in [0.05, 0.1) is 13.0 Å². The lowest BCUT2D eigenvalue weighted by molar-refractivity contribution is -0.126. The summed E-state index contributed by atoms with van der Waals surface area (Å²) in [6.45, 7) is 0.0889. The maximum Gasteiger partial charge on any atom is 0.239 e. The van der Waals surface area contributed by atoms with Gasteiger partial charge in [-0.3, -0.25) is 9.59 Å². The fourth-order valence-electron chi connectivity index (χ4n) is 3.07. The number of rotatable bonds is 6. The molecule has 2 unspecified atom stereocenters. The molecule has 126 valence electrons. The van der Waals surface area contributed by atoms with Crippen LogP contribution < -0.4 is 10.6 Å². The van der Waals surface area contributed by atoms with Crippen LogP contribution in [0.25, 0.3) is 0 Å². The average molecular weight is 318 g/mol. The lowest BCUT2D eigenvalue weighted by atomic mass is 9.95. The largest absolute Gasteiger partial charge is 0.396 e. The van der Waals surface area contributed by atoms with Crippen LogP contribution in [0.5, 0.6) is 0 Å².